The lowest BCUT2D eigenvalue weighted by Gasteiger charge is -2.23. The van der Waals surface area contributed by atoms with Crippen LogP contribution in [0.25, 0.3) is 0 Å². The number of hydrogen-bond donors (Lipinski definition) is 1. The van der Waals surface area contributed by atoms with Crippen molar-refractivity contribution < 1.29 is 14.0 Å². The molecule has 1 aliphatic carbocycles. The van der Waals surface area contributed by atoms with Crippen molar-refractivity contribution in [3.05, 3.63) is 35.6 Å². The Morgan fingerprint density at radius 2 is 1.96 bits per heavy atom. The van der Waals surface area contributed by atoms with Crippen molar-refractivity contribution in [2.75, 3.05) is 19.6 Å². The summed E-state index contributed by atoms with van der Waals surface area (Å²) in [6.45, 7) is 3.69. The van der Waals surface area contributed by atoms with Gasteiger partial charge in [-0.2, -0.15) is 0 Å². The summed E-state index contributed by atoms with van der Waals surface area (Å²) in [4.78, 5) is 26.4. The van der Waals surface area contributed by atoms with Crippen LogP contribution in [0.15, 0.2) is 24.3 Å². The summed E-state index contributed by atoms with van der Waals surface area (Å²) < 4.78 is 13.3. The highest BCUT2D eigenvalue weighted by Gasteiger charge is 2.21. The topological polar surface area (TPSA) is 49.4 Å². The Morgan fingerprint density at radius 1 is 1.19 bits per heavy atom. The average Bonchev–Trinajstić information content (AvgIpc) is 2.65. The number of hydrogen-bond acceptors (Lipinski definition) is 2. The first-order valence-corrected chi connectivity index (χ1v) is 9.90. The molecule has 1 saturated carbocycles. The Kier molecular flexibility index (Phi) is 8.59. The van der Waals surface area contributed by atoms with Crippen molar-refractivity contribution in [2.45, 2.75) is 58.3 Å². The van der Waals surface area contributed by atoms with Gasteiger partial charge in [0.1, 0.15) is 5.82 Å². The zero-order valence-electron chi connectivity index (χ0n) is 15.8. The molecule has 1 fully saturated rings. The Morgan fingerprint density at radius 3 is 2.65 bits per heavy atom. The predicted molar refractivity (Wildman–Crippen MR) is 101 cm³/mol. The van der Waals surface area contributed by atoms with Gasteiger partial charge >= 0.3 is 0 Å². The van der Waals surface area contributed by atoms with Crippen molar-refractivity contribution in [3.63, 3.8) is 0 Å². The van der Waals surface area contributed by atoms with Gasteiger partial charge in [-0.3, -0.25) is 9.59 Å². The molecule has 1 N–H and O–H groups in total. The van der Waals surface area contributed by atoms with E-state index >= 15 is 0 Å². The van der Waals surface area contributed by atoms with Crippen LogP contribution < -0.4 is 5.32 Å². The molecule has 0 radical (unpaired) electrons. The quantitative estimate of drug-likeness (QED) is 0.728. The largest absolute Gasteiger partial charge is 0.355 e. The summed E-state index contributed by atoms with van der Waals surface area (Å²) in [5.41, 5.74) is 0.893. The summed E-state index contributed by atoms with van der Waals surface area (Å²) >= 11 is 0. The third-order valence-electron chi connectivity index (χ3n) is 5.02. The lowest BCUT2D eigenvalue weighted by molar-refractivity contribution is -0.131. The van der Waals surface area contributed by atoms with Gasteiger partial charge in [0.05, 0.1) is 0 Å². The molecule has 0 unspecified atom stereocenters. The van der Waals surface area contributed by atoms with E-state index in [9.17, 15) is 14.0 Å². The van der Waals surface area contributed by atoms with E-state index in [1.165, 1.54) is 18.6 Å². The lowest BCUT2D eigenvalue weighted by Crippen LogP contribution is -2.38. The number of halogens is 1. The van der Waals surface area contributed by atoms with E-state index in [-0.39, 0.29) is 23.5 Å². The molecule has 1 aliphatic rings. The number of carbonyl (C=O) groups excluding carboxylic acids is 2. The summed E-state index contributed by atoms with van der Waals surface area (Å²) in [7, 11) is 0. The van der Waals surface area contributed by atoms with Crippen LogP contribution in [-0.4, -0.2) is 36.3 Å². The SMILES string of the molecule is CCCN(CCc1cccc(F)c1)C(=O)CCNC(=O)C1CCCCC1. The molecule has 26 heavy (non-hydrogen) atoms. The molecule has 5 heteroatoms. The second-order valence-electron chi connectivity index (χ2n) is 7.14. The van der Waals surface area contributed by atoms with Crippen LogP contribution in [-0.2, 0) is 16.0 Å². The minimum atomic E-state index is -0.249. The highest BCUT2D eigenvalue weighted by molar-refractivity contribution is 5.80. The fraction of sp³-hybridized carbons (Fsp3) is 0.619. The smallest absolute Gasteiger partial charge is 0.224 e. The first kappa shape index (κ1) is 20.4. The molecule has 144 valence electrons. The van der Waals surface area contributed by atoms with E-state index in [2.05, 4.69) is 5.32 Å². The molecule has 2 amide bonds. The Labute approximate surface area is 156 Å². The Balaban J connectivity index is 1.75. The molecule has 0 spiro atoms. The van der Waals surface area contributed by atoms with Crippen molar-refractivity contribution in [1.29, 1.82) is 0 Å². The predicted octanol–water partition coefficient (Wildman–Crippen LogP) is 3.69. The molecule has 2 rings (SSSR count). The molecule has 0 aromatic heterocycles. The number of nitrogens with zero attached hydrogens (tertiary/aromatic N) is 1. The fourth-order valence-corrected chi connectivity index (χ4v) is 3.55. The van der Waals surface area contributed by atoms with E-state index < -0.39 is 0 Å². The van der Waals surface area contributed by atoms with Crippen LogP contribution in [0.4, 0.5) is 4.39 Å². The standard InChI is InChI=1S/C21H31FN2O2/c1-2-14-24(15-12-17-7-6-10-19(22)16-17)20(25)11-13-23-21(26)18-8-4-3-5-9-18/h6-7,10,16,18H,2-5,8-9,11-15H2,1H3,(H,23,26). The third-order valence-corrected chi connectivity index (χ3v) is 5.02. The molecule has 4 nitrogen and oxygen atoms in total. The maximum absolute atomic E-state index is 13.3. The van der Waals surface area contributed by atoms with Gasteiger partial charge in [0.15, 0.2) is 0 Å². The van der Waals surface area contributed by atoms with Crippen LogP contribution in [0.2, 0.25) is 0 Å². The molecule has 1 aromatic rings. The van der Waals surface area contributed by atoms with E-state index in [0.29, 0.717) is 32.5 Å². The van der Waals surface area contributed by atoms with Crippen LogP contribution in [0.3, 0.4) is 0 Å². The number of benzene rings is 1. The zero-order valence-corrected chi connectivity index (χ0v) is 15.8. The van der Waals surface area contributed by atoms with Gasteiger partial charge in [0, 0.05) is 32.0 Å². The lowest BCUT2D eigenvalue weighted by atomic mass is 9.89. The van der Waals surface area contributed by atoms with Crippen LogP contribution in [0.1, 0.15) is 57.4 Å². The molecule has 0 aliphatic heterocycles. The number of nitrogens with one attached hydrogen (secondary N) is 1. The molecular weight excluding hydrogens is 331 g/mol. The number of carbonyl (C=O) groups is 2. The van der Waals surface area contributed by atoms with Gasteiger partial charge in [0.2, 0.25) is 11.8 Å². The zero-order chi connectivity index (χ0) is 18.8. The second kappa shape index (κ2) is 10.9. The van der Waals surface area contributed by atoms with E-state index in [1.54, 1.807) is 6.07 Å². The maximum Gasteiger partial charge on any atom is 0.224 e. The monoisotopic (exact) mass is 362 g/mol. The number of rotatable bonds is 9. The summed E-state index contributed by atoms with van der Waals surface area (Å²) in [6.07, 6.45) is 7.25. The normalized spacial score (nSPS) is 14.8. The summed E-state index contributed by atoms with van der Waals surface area (Å²) in [6, 6.07) is 6.51. The maximum atomic E-state index is 13.3. The van der Waals surface area contributed by atoms with Crippen molar-refractivity contribution >= 4 is 11.8 Å². The van der Waals surface area contributed by atoms with Gasteiger partial charge in [-0.25, -0.2) is 4.39 Å². The average molecular weight is 362 g/mol. The van der Waals surface area contributed by atoms with Gasteiger partial charge in [-0.15, -0.1) is 0 Å². The molecular formula is C21H31FN2O2. The van der Waals surface area contributed by atoms with Crippen LogP contribution in [0.5, 0.6) is 0 Å². The minimum absolute atomic E-state index is 0.0483. The van der Waals surface area contributed by atoms with Gasteiger partial charge in [-0.1, -0.05) is 38.3 Å². The van der Waals surface area contributed by atoms with E-state index in [1.807, 2.05) is 17.9 Å². The van der Waals surface area contributed by atoms with E-state index in [4.69, 9.17) is 0 Å². The van der Waals surface area contributed by atoms with Gasteiger partial charge in [0.25, 0.3) is 0 Å². The van der Waals surface area contributed by atoms with Gasteiger partial charge in [-0.05, 0) is 43.4 Å². The third kappa shape index (κ3) is 6.77. The molecule has 0 atom stereocenters. The second-order valence-corrected chi connectivity index (χ2v) is 7.14. The fourth-order valence-electron chi connectivity index (χ4n) is 3.55. The van der Waals surface area contributed by atoms with Crippen LogP contribution in [0, 0.1) is 11.7 Å². The molecule has 0 bridgehead atoms. The number of amides is 2. The van der Waals surface area contributed by atoms with E-state index in [0.717, 1.165) is 37.7 Å². The van der Waals surface area contributed by atoms with Crippen molar-refractivity contribution in [3.8, 4) is 0 Å². The molecule has 0 heterocycles. The van der Waals surface area contributed by atoms with Crippen molar-refractivity contribution in [1.82, 2.24) is 10.2 Å². The highest BCUT2D eigenvalue weighted by Crippen LogP contribution is 2.23. The molecule has 1 aromatic carbocycles. The van der Waals surface area contributed by atoms with Crippen molar-refractivity contribution in [2.24, 2.45) is 5.92 Å². The summed E-state index contributed by atoms with van der Waals surface area (Å²) in [5.74, 6) is 0.0198. The van der Waals surface area contributed by atoms with Gasteiger partial charge < -0.3 is 10.2 Å². The van der Waals surface area contributed by atoms with Crippen LogP contribution >= 0.6 is 0 Å². The Hall–Kier alpha value is -1.91. The first-order chi connectivity index (χ1) is 12.6. The summed E-state index contributed by atoms with van der Waals surface area (Å²) in [5, 5.41) is 2.93. The Bertz CT molecular complexity index is 585. The first-order valence-electron chi connectivity index (χ1n) is 9.90. The minimum Gasteiger partial charge on any atom is -0.355 e. The highest BCUT2D eigenvalue weighted by atomic mass is 19.1. The molecule has 0 saturated heterocycles.